The highest BCUT2D eigenvalue weighted by Gasteiger charge is 2.32. The maximum absolute atomic E-state index is 9.28. The summed E-state index contributed by atoms with van der Waals surface area (Å²) in [5, 5.41) is 12.3. The van der Waals surface area contributed by atoms with E-state index in [2.05, 4.69) is 10.3 Å². The van der Waals surface area contributed by atoms with Crippen molar-refractivity contribution < 1.29 is 5.11 Å². The van der Waals surface area contributed by atoms with Crippen molar-refractivity contribution in [3.63, 3.8) is 0 Å². The summed E-state index contributed by atoms with van der Waals surface area (Å²) in [6.45, 7) is 0.990. The molecule has 0 unspecified atom stereocenters. The van der Waals surface area contributed by atoms with Crippen LogP contribution in [-0.2, 0) is 0 Å². The van der Waals surface area contributed by atoms with Crippen LogP contribution >= 0.6 is 0 Å². The second kappa shape index (κ2) is 4.46. The van der Waals surface area contributed by atoms with Gasteiger partial charge in [-0.3, -0.25) is 4.99 Å². The molecular weight excluding hydrogens is 166 g/mol. The molecule has 0 bridgehead atoms. The fourth-order valence-corrected chi connectivity index (χ4v) is 1.87. The number of aliphatic imine (C=N–C) groups is 1. The largest absolute Gasteiger partial charge is 0.396 e. The lowest BCUT2D eigenvalue weighted by atomic mass is 9.87. The second-order valence-corrected chi connectivity index (χ2v) is 3.83. The molecule has 0 heterocycles. The molecular formula is C9H19N3O. The third-order valence-corrected chi connectivity index (χ3v) is 2.89. The summed E-state index contributed by atoms with van der Waals surface area (Å²) in [7, 11) is 1.66. The van der Waals surface area contributed by atoms with E-state index < -0.39 is 0 Å². The minimum Gasteiger partial charge on any atom is -0.396 e. The summed E-state index contributed by atoms with van der Waals surface area (Å²) in [6, 6.07) is 0. The molecule has 4 N–H and O–H groups in total. The summed E-state index contributed by atoms with van der Waals surface area (Å²) in [4.78, 5) is 3.82. The summed E-state index contributed by atoms with van der Waals surface area (Å²) < 4.78 is 0. The minimum atomic E-state index is 0.0509. The monoisotopic (exact) mass is 185 g/mol. The van der Waals surface area contributed by atoms with Crippen LogP contribution in [0.15, 0.2) is 4.99 Å². The van der Waals surface area contributed by atoms with Gasteiger partial charge in [-0.05, 0) is 12.8 Å². The van der Waals surface area contributed by atoms with Gasteiger partial charge in [0, 0.05) is 19.0 Å². The number of nitrogens with one attached hydrogen (secondary N) is 1. The summed E-state index contributed by atoms with van der Waals surface area (Å²) >= 11 is 0. The molecule has 0 aromatic heterocycles. The maximum Gasteiger partial charge on any atom is 0.188 e. The van der Waals surface area contributed by atoms with Gasteiger partial charge < -0.3 is 16.2 Å². The van der Waals surface area contributed by atoms with E-state index in [1.807, 2.05) is 0 Å². The Bertz CT molecular complexity index is 185. The Morgan fingerprint density at radius 3 is 2.62 bits per heavy atom. The van der Waals surface area contributed by atoms with Gasteiger partial charge in [-0.2, -0.15) is 0 Å². The number of nitrogens with zero attached hydrogens (tertiary/aromatic N) is 1. The smallest absolute Gasteiger partial charge is 0.188 e. The highest BCUT2D eigenvalue weighted by Crippen LogP contribution is 2.36. The quantitative estimate of drug-likeness (QED) is 0.430. The van der Waals surface area contributed by atoms with Gasteiger partial charge in [-0.1, -0.05) is 12.8 Å². The zero-order valence-electron chi connectivity index (χ0n) is 8.21. The zero-order valence-corrected chi connectivity index (χ0v) is 8.21. The van der Waals surface area contributed by atoms with Crippen molar-refractivity contribution in [1.29, 1.82) is 0 Å². The van der Waals surface area contributed by atoms with Crippen molar-refractivity contribution in [3.8, 4) is 0 Å². The lowest BCUT2D eigenvalue weighted by Gasteiger charge is -2.26. The Hall–Kier alpha value is -0.770. The fourth-order valence-electron chi connectivity index (χ4n) is 1.87. The van der Waals surface area contributed by atoms with Crippen LogP contribution in [0.4, 0.5) is 0 Å². The second-order valence-electron chi connectivity index (χ2n) is 3.83. The molecule has 0 amide bonds. The van der Waals surface area contributed by atoms with Crippen molar-refractivity contribution in [1.82, 2.24) is 5.32 Å². The summed E-state index contributed by atoms with van der Waals surface area (Å²) in [6.07, 6.45) is 4.61. The molecule has 0 radical (unpaired) electrons. The van der Waals surface area contributed by atoms with Crippen LogP contribution in [-0.4, -0.2) is 31.3 Å². The maximum atomic E-state index is 9.28. The van der Waals surface area contributed by atoms with Gasteiger partial charge >= 0.3 is 0 Å². The number of hydrogen-bond donors (Lipinski definition) is 3. The van der Waals surface area contributed by atoms with E-state index in [9.17, 15) is 5.11 Å². The number of hydrogen-bond acceptors (Lipinski definition) is 2. The molecule has 0 saturated heterocycles. The Morgan fingerprint density at radius 2 is 2.15 bits per heavy atom. The number of aliphatic hydroxyl groups excluding tert-OH is 1. The number of aliphatic hydroxyl groups is 1. The highest BCUT2D eigenvalue weighted by atomic mass is 16.3. The third-order valence-electron chi connectivity index (χ3n) is 2.89. The van der Waals surface area contributed by atoms with Gasteiger partial charge in [-0.25, -0.2) is 0 Å². The topological polar surface area (TPSA) is 70.6 Å². The van der Waals surface area contributed by atoms with Crippen molar-refractivity contribution in [3.05, 3.63) is 0 Å². The van der Waals surface area contributed by atoms with Crippen LogP contribution in [0.2, 0.25) is 0 Å². The van der Waals surface area contributed by atoms with Crippen molar-refractivity contribution in [2.75, 3.05) is 20.2 Å². The molecule has 0 aromatic carbocycles. The van der Waals surface area contributed by atoms with E-state index >= 15 is 0 Å². The lowest BCUT2D eigenvalue weighted by molar-refractivity contribution is 0.133. The molecule has 1 aliphatic rings. The molecule has 0 aromatic rings. The molecule has 1 rings (SSSR count). The average molecular weight is 185 g/mol. The van der Waals surface area contributed by atoms with Gasteiger partial charge in [-0.15, -0.1) is 0 Å². The van der Waals surface area contributed by atoms with Crippen molar-refractivity contribution >= 4 is 5.96 Å². The molecule has 1 fully saturated rings. The number of guanidine groups is 1. The molecule has 1 aliphatic carbocycles. The van der Waals surface area contributed by atoms with Crippen molar-refractivity contribution in [2.24, 2.45) is 16.1 Å². The molecule has 13 heavy (non-hydrogen) atoms. The molecule has 0 spiro atoms. The number of nitrogens with two attached hydrogens (primary N) is 1. The summed E-state index contributed by atoms with van der Waals surface area (Å²) in [5.41, 5.74) is 5.57. The normalized spacial score (nSPS) is 21.8. The Kier molecular flexibility index (Phi) is 3.54. The van der Waals surface area contributed by atoms with E-state index in [1.165, 1.54) is 12.8 Å². The van der Waals surface area contributed by atoms with Crippen LogP contribution in [0.25, 0.3) is 0 Å². The minimum absolute atomic E-state index is 0.0509. The molecule has 76 valence electrons. The average Bonchev–Trinajstić information content (AvgIpc) is 2.63. The van der Waals surface area contributed by atoms with E-state index in [-0.39, 0.29) is 12.0 Å². The van der Waals surface area contributed by atoms with E-state index in [0.717, 1.165) is 19.4 Å². The first-order valence-electron chi connectivity index (χ1n) is 4.79. The molecule has 1 saturated carbocycles. The van der Waals surface area contributed by atoms with Crippen LogP contribution in [0.3, 0.4) is 0 Å². The first kappa shape index (κ1) is 10.3. The zero-order chi connectivity index (χ0) is 9.73. The van der Waals surface area contributed by atoms with E-state index in [4.69, 9.17) is 5.73 Å². The first-order chi connectivity index (χ1) is 6.22. The Labute approximate surface area is 79.2 Å². The Morgan fingerprint density at radius 1 is 1.54 bits per heavy atom. The van der Waals surface area contributed by atoms with Gasteiger partial charge in [0.15, 0.2) is 5.96 Å². The molecule has 4 nitrogen and oxygen atoms in total. The summed E-state index contributed by atoms with van der Waals surface area (Å²) in [5.74, 6) is 0.458. The van der Waals surface area contributed by atoms with Gasteiger partial charge in [0.2, 0.25) is 0 Å². The van der Waals surface area contributed by atoms with Gasteiger partial charge in [0.1, 0.15) is 0 Å². The number of rotatable bonds is 3. The van der Waals surface area contributed by atoms with Crippen molar-refractivity contribution in [2.45, 2.75) is 25.7 Å². The third kappa shape index (κ3) is 2.59. The highest BCUT2D eigenvalue weighted by molar-refractivity contribution is 5.77. The van der Waals surface area contributed by atoms with Gasteiger partial charge in [0.25, 0.3) is 0 Å². The Balaban J connectivity index is 2.40. The van der Waals surface area contributed by atoms with E-state index in [0.29, 0.717) is 5.96 Å². The molecule has 0 atom stereocenters. The predicted octanol–water partition coefficient (Wildman–Crippen LogP) is 0.0732. The van der Waals surface area contributed by atoms with Gasteiger partial charge in [0.05, 0.1) is 6.61 Å². The standard InChI is InChI=1S/C9H19N3O/c1-11-8(10)12-6-9(7-13)4-2-3-5-9/h13H,2-7H2,1H3,(H3,10,11,12). The van der Waals surface area contributed by atoms with Crippen LogP contribution < -0.4 is 11.1 Å². The van der Waals surface area contributed by atoms with Crippen LogP contribution in [0.1, 0.15) is 25.7 Å². The SMILES string of the molecule is CN=C(N)NCC1(CO)CCCC1. The predicted molar refractivity (Wildman–Crippen MR) is 53.5 cm³/mol. The first-order valence-corrected chi connectivity index (χ1v) is 4.79. The molecule has 0 aliphatic heterocycles. The molecule has 4 heteroatoms. The lowest BCUT2D eigenvalue weighted by Crippen LogP contribution is -2.41. The fraction of sp³-hybridized carbons (Fsp3) is 0.889. The van der Waals surface area contributed by atoms with Crippen LogP contribution in [0, 0.1) is 5.41 Å². The van der Waals surface area contributed by atoms with E-state index in [1.54, 1.807) is 7.05 Å². The van der Waals surface area contributed by atoms with Crippen LogP contribution in [0.5, 0.6) is 0 Å².